The summed E-state index contributed by atoms with van der Waals surface area (Å²) in [5, 5.41) is 9.36. The highest BCUT2D eigenvalue weighted by atomic mass is 16.5. The predicted octanol–water partition coefficient (Wildman–Crippen LogP) is 0.0988. The van der Waals surface area contributed by atoms with Crippen molar-refractivity contribution in [3.05, 3.63) is 30.1 Å². The van der Waals surface area contributed by atoms with Crippen molar-refractivity contribution in [1.82, 2.24) is 9.88 Å². The fraction of sp³-hybridized carbons (Fsp3) is 0.429. The van der Waals surface area contributed by atoms with Gasteiger partial charge in [-0.15, -0.1) is 0 Å². The van der Waals surface area contributed by atoms with Crippen LogP contribution in [0.15, 0.2) is 24.4 Å². The third-order valence-electron chi connectivity index (χ3n) is 3.48. The van der Waals surface area contributed by atoms with Crippen LogP contribution >= 0.6 is 0 Å². The summed E-state index contributed by atoms with van der Waals surface area (Å²) >= 11 is 0. The lowest BCUT2D eigenvalue weighted by atomic mass is 10.1. The molecule has 0 bridgehead atoms. The first kappa shape index (κ1) is 15.0. The largest absolute Gasteiger partial charge is 0.480 e. The Hall–Kier alpha value is -2.44. The van der Waals surface area contributed by atoms with Crippen LogP contribution in [-0.4, -0.2) is 52.5 Å². The molecule has 1 aromatic rings. The van der Waals surface area contributed by atoms with Gasteiger partial charge in [-0.25, -0.2) is 4.79 Å². The molecule has 1 aliphatic rings. The van der Waals surface area contributed by atoms with E-state index in [9.17, 15) is 19.5 Å². The molecule has 2 rings (SSSR count). The maximum absolute atomic E-state index is 12.0. The van der Waals surface area contributed by atoms with Crippen LogP contribution in [0.4, 0.5) is 0 Å². The number of aliphatic carboxylic acids is 1. The van der Waals surface area contributed by atoms with Crippen LogP contribution in [-0.2, 0) is 25.5 Å². The van der Waals surface area contributed by atoms with Crippen molar-refractivity contribution in [1.29, 1.82) is 0 Å². The zero-order chi connectivity index (χ0) is 15.4. The van der Waals surface area contributed by atoms with Gasteiger partial charge in [-0.3, -0.25) is 14.6 Å². The maximum Gasteiger partial charge on any atom is 0.326 e. The second kappa shape index (κ2) is 6.34. The molecule has 21 heavy (non-hydrogen) atoms. The van der Waals surface area contributed by atoms with Crippen molar-refractivity contribution in [3.63, 3.8) is 0 Å². The predicted molar refractivity (Wildman–Crippen MR) is 71.2 cm³/mol. The lowest BCUT2D eigenvalue weighted by molar-refractivity contribution is -0.148. The topological polar surface area (TPSA) is 96.8 Å². The number of amides is 1. The van der Waals surface area contributed by atoms with Crippen molar-refractivity contribution in [3.8, 4) is 0 Å². The summed E-state index contributed by atoms with van der Waals surface area (Å²) in [7, 11) is 1.25. The molecule has 0 aromatic carbocycles. The number of methoxy groups -OCH3 is 1. The van der Waals surface area contributed by atoms with Gasteiger partial charge in [0.1, 0.15) is 6.04 Å². The first-order valence-corrected chi connectivity index (χ1v) is 6.53. The van der Waals surface area contributed by atoms with E-state index >= 15 is 0 Å². The number of nitrogens with zero attached hydrogens (tertiary/aromatic N) is 2. The van der Waals surface area contributed by atoms with Crippen molar-refractivity contribution < 1.29 is 24.2 Å². The minimum absolute atomic E-state index is 0.0152. The number of rotatable bonds is 5. The van der Waals surface area contributed by atoms with Gasteiger partial charge in [-0.05, 0) is 12.1 Å². The number of aromatic nitrogens is 1. The summed E-state index contributed by atoms with van der Waals surface area (Å²) in [5.41, 5.74) is 0.583. The van der Waals surface area contributed by atoms with Gasteiger partial charge in [0, 0.05) is 31.3 Å². The highest BCUT2D eigenvalue weighted by Gasteiger charge is 2.41. The van der Waals surface area contributed by atoms with Gasteiger partial charge in [-0.1, -0.05) is 6.07 Å². The van der Waals surface area contributed by atoms with Crippen LogP contribution in [0.2, 0.25) is 0 Å². The lowest BCUT2D eigenvalue weighted by Gasteiger charge is -2.24. The number of carboxylic acid groups (broad SMARTS) is 1. The van der Waals surface area contributed by atoms with Crippen LogP contribution in [0.5, 0.6) is 0 Å². The number of carboxylic acids is 1. The van der Waals surface area contributed by atoms with Crippen LogP contribution in [0.1, 0.15) is 12.1 Å². The number of ether oxygens (including phenoxy) is 1. The molecule has 112 valence electrons. The van der Waals surface area contributed by atoms with Crippen molar-refractivity contribution in [2.75, 3.05) is 13.7 Å². The zero-order valence-electron chi connectivity index (χ0n) is 11.6. The quantitative estimate of drug-likeness (QED) is 0.773. The Balaban J connectivity index is 2.14. The summed E-state index contributed by atoms with van der Waals surface area (Å²) in [5.74, 6) is -2.56. The first-order chi connectivity index (χ1) is 10.0. The molecule has 7 heteroatoms. The molecule has 0 radical (unpaired) electrons. The molecule has 0 aliphatic carbocycles. The zero-order valence-corrected chi connectivity index (χ0v) is 11.6. The summed E-state index contributed by atoms with van der Waals surface area (Å²) in [4.78, 5) is 40.2. The Labute approximate surface area is 121 Å². The number of likely N-dealkylation sites (tertiary alicyclic amines) is 1. The van der Waals surface area contributed by atoms with E-state index in [4.69, 9.17) is 0 Å². The minimum atomic E-state index is -1.11. The highest BCUT2D eigenvalue weighted by molar-refractivity contribution is 5.90. The van der Waals surface area contributed by atoms with E-state index in [-0.39, 0.29) is 25.3 Å². The molecule has 1 unspecified atom stereocenters. The Kier molecular flexibility index (Phi) is 4.52. The molecular formula is C14H16N2O5. The van der Waals surface area contributed by atoms with Gasteiger partial charge in [0.15, 0.2) is 0 Å². The van der Waals surface area contributed by atoms with E-state index in [0.717, 1.165) is 0 Å². The van der Waals surface area contributed by atoms with Gasteiger partial charge in [-0.2, -0.15) is 0 Å². The highest BCUT2D eigenvalue weighted by Crippen LogP contribution is 2.23. The molecule has 1 fully saturated rings. The second-order valence-electron chi connectivity index (χ2n) is 4.85. The molecule has 1 aliphatic heterocycles. The average molecular weight is 292 g/mol. The van der Waals surface area contributed by atoms with E-state index in [1.165, 1.54) is 12.0 Å². The second-order valence-corrected chi connectivity index (χ2v) is 4.85. The summed E-state index contributed by atoms with van der Waals surface area (Å²) in [6.07, 6.45) is 1.66. The number of pyridine rings is 1. The Bertz CT molecular complexity index is 546. The minimum Gasteiger partial charge on any atom is -0.480 e. The SMILES string of the molecule is COC(=O)C1CC(=O)N([C@@H](Cc2ccccn2)C(=O)O)C1. The number of carbonyl (C=O) groups excluding carboxylic acids is 2. The molecule has 0 spiro atoms. The number of hydrogen-bond donors (Lipinski definition) is 1. The normalized spacial score (nSPS) is 19.4. The number of hydrogen-bond acceptors (Lipinski definition) is 5. The monoisotopic (exact) mass is 292 g/mol. The standard InChI is InChI=1S/C14H16N2O5/c1-21-14(20)9-6-12(17)16(8-9)11(13(18)19)7-10-4-2-3-5-15-10/h2-5,9,11H,6-8H2,1H3,(H,18,19)/t9?,11-/m0/s1. The lowest BCUT2D eigenvalue weighted by Crippen LogP contribution is -2.44. The van der Waals surface area contributed by atoms with Crippen LogP contribution in [0.3, 0.4) is 0 Å². The van der Waals surface area contributed by atoms with E-state index in [1.54, 1.807) is 24.4 Å². The van der Waals surface area contributed by atoms with E-state index in [1.807, 2.05) is 0 Å². The first-order valence-electron chi connectivity index (χ1n) is 6.53. The van der Waals surface area contributed by atoms with Crippen molar-refractivity contribution in [2.24, 2.45) is 5.92 Å². The molecule has 1 N–H and O–H groups in total. The van der Waals surface area contributed by atoms with Gasteiger partial charge < -0.3 is 14.7 Å². The van der Waals surface area contributed by atoms with Crippen molar-refractivity contribution in [2.45, 2.75) is 18.9 Å². The maximum atomic E-state index is 12.0. The summed E-state index contributed by atoms with van der Waals surface area (Å²) < 4.78 is 4.61. The molecule has 7 nitrogen and oxygen atoms in total. The number of carbonyl (C=O) groups is 3. The molecule has 2 atom stereocenters. The fourth-order valence-corrected chi connectivity index (χ4v) is 2.41. The molecular weight excluding hydrogens is 276 g/mol. The van der Waals surface area contributed by atoms with Gasteiger partial charge in [0.2, 0.25) is 5.91 Å². The van der Waals surface area contributed by atoms with Crippen LogP contribution in [0, 0.1) is 5.92 Å². The third-order valence-corrected chi connectivity index (χ3v) is 3.48. The van der Waals surface area contributed by atoms with Gasteiger partial charge in [0.25, 0.3) is 0 Å². The van der Waals surface area contributed by atoms with Gasteiger partial charge >= 0.3 is 11.9 Å². The smallest absolute Gasteiger partial charge is 0.326 e. The third kappa shape index (κ3) is 3.36. The molecule has 1 aromatic heterocycles. The Morgan fingerprint density at radius 2 is 2.29 bits per heavy atom. The Morgan fingerprint density at radius 1 is 1.52 bits per heavy atom. The van der Waals surface area contributed by atoms with Crippen LogP contribution in [0.25, 0.3) is 0 Å². The van der Waals surface area contributed by atoms with E-state index < -0.39 is 23.9 Å². The van der Waals surface area contributed by atoms with Crippen molar-refractivity contribution >= 4 is 17.8 Å². The average Bonchev–Trinajstić information content (AvgIpc) is 2.86. The van der Waals surface area contributed by atoms with Crippen LogP contribution < -0.4 is 0 Å². The number of esters is 1. The molecule has 1 amide bonds. The van der Waals surface area contributed by atoms with E-state index in [0.29, 0.717) is 5.69 Å². The fourth-order valence-electron chi connectivity index (χ4n) is 2.41. The molecule has 1 saturated heterocycles. The summed E-state index contributed by atoms with van der Waals surface area (Å²) in [6.45, 7) is 0.0648. The Morgan fingerprint density at radius 3 is 2.86 bits per heavy atom. The molecule has 0 saturated carbocycles. The molecule has 2 heterocycles. The summed E-state index contributed by atoms with van der Waals surface area (Å²) in [6, 6.07) is 4.16. The van der Waals surface area contributed by atoms with Gasteiger partial charge in [0.05, 0.1) is 13.0 Å². The van der Waals surface area contributed by atoms with E-state index in [2.05, 4.69) is 9.72 Å².